The van der Waals surface area contributed by atoms with E-state index in [1.807, 2.05) is 36.4 Å². The minimum atomic E-state index is -0.139. The smallest absolute Gasteiger partial charge is 0.251 e. The van der Waals surface area contributed by atoms with E-state index in [9.17, 15) is 4.79 Å². The highest BCUT2D eigenvalue weighted by atomic mass is 35.5. The molecule has 1 amide bonds. The van der Waals surface area contributed by atoms with E-state index in [1.54, 1.807) is 12.1 Å². The zero-order valence-corrected chi connectivity index (χ0v) is 14.6. The molecule has 6 heteroatoms. The Kier molecular flexibility index (Phi) is 6.63. The predicted molar refractivity (Wildman–Crippen MR) is 97.6 cm³/mol. The molecular formula is C18H20Cl2N2O2. The molecule has 0 aliphatic carbocycles. The minimum absolute atomic E-state index is 0. The molecule has 128 valence electrons. The fourth-order valence-corrected chi connectivity index (χ4v) is 2.89. The maximum absolute atomic E-state index is 12.4. The number of nitrogens with one attached hydrogen (secondary N) is 1. The summed E-state index contributed by atoms with van der Waals surface area (Å²) in [5.74, 6) is -0.0944. The Hall–Kier alpha value is -1.59. The molecule has 24 heavy (non-hydrogen) atoms. The van der Waals surface area contributed by atoms with Gasteiger partial charge in [0.15, 0.2) is 0 Å². The molecule has 1 saturated heterocycles. The molecule has 0 bridgehead atoms. The number of halogens is 2. The molecule has 2 aromatic rings. The monoisotopic (exact) mass is 366 g/mol. The van der Waals surface area contributed by atoms with Gasteiger partial charge < -0.3 is 15.8 Å². The molecule has 1 aliphatic rings. The zero-order valence-electron chi connectivity index (χ0n) is 13.1. The number of hydrogen-bond donors (Lipinski definition) is 2. The van der Waals surface area contributed by atoms with Crippen molar-refractivity contribution < 1.29 is 9.53 Å². The summed E-state index contributed by atoms with van der Waals surface area (Å²) >= 11 is 5.92. The summed E-state index contributed by atoms with van der Waals surface area (Å²) in [6.45, 7) is 1.10. The van der Waals surface area contributed by atoms with Crippen molar-refractivity contribution in [3.63, 3.8) is 0 Å². The Bertz CT molecular complexity index is 674. The predicted octanol–water partition coefficient (Wildman–Crippen LogP) is 3.48. The zero-order chi connectivity index (χ0) is 16.2. The fraction of sp³-hybridized carbons (Fsp3) is 0.278. The summed E-state index contributed by atoms with van der Waals surface area (Å²) < 4.78 is 5.79. The van der Waals surface area contributed by atoms with E-state index in [4.69, 9.17) is 22.1 Å². The normalized spacial score (nSPS) is 19.6. The van der Waals surface area contributed by atoms with Gasteiger partial charge in [-0.2, -0.15) is 0 Å². The van der Waals surface area contributed by atoms with Crippen LogP contribution in [0, 0.1) is 0 Å². The summed E-state index contributed by atoms with van der Waals surface area (Å²) in [5, 5.41) is 3.75. The Morgan fingerprint density at radius 2 is 1.83 bits per heavy atom. The van der Waals surface area contributed by atoms with Gasteiger partial charge in [0.25, 0.3) is 5.91 Å². The summed E-state index contributed by atoms with van der Waals surface area (Å²) in [4.78, 5) is 12.4. The van der Waals surface area contributed by atoms with E-state index in [2.05, 4.69) is 5.32 Å². The Morgan fingerprint density at radius 1 is 1.17 bits per heavy atom. The third-order valence-electron chi connectivity index (χ3n) is 4.06. The van der Waals surface area contributed by atoms with Gasteiger partial charge >= 0.3 is 0 Å². The van der Waals surface area contributed by atoms with Crippen LogP contribution in [0.5, 0.6) is 0 Å². The largest absolute Gasteiger partial charge is 0.371 e. The Labute approximate surface area is 152 Å². The van der Waals surface area contributed by atoms with Gasteiger partial charge in [-0.15, -0.1) is 12.4 Å². The second kappa shape index (κ2) is 8.49. The van der Waals surface area contributed by atoms with E-state index >= 15 is 0 Å². The van der Waals surface area contributed by atoms with Crippen molar-refractivity contribution in [3.05, 3.63) is 70.2 Å². The van der Waals surface area contributed by atoms with Crippen LogP contribution in [-0.4, -0.2) is 18.6 Å². The number of ether oxygens (including phenoxy) is 1. The topological polar surface area (TPSA) is 64.4 Å². The number of carbonyl (C=O) groups is 1. The van der Waals surface area contributed by atoms with Crippen molar-refractivity contribution in [3.8, 4) is 0 Å². The molecule has 1 aliphatic heterocycles. The van der Waals surface area contributed by atoms with Crippen molar-refractivity contribution in [2.75, 3.05) is 6.61 Å². The van der Waals surface area contributed by atoms with Gasteiger partial charge in [-0.3, -0.25) is 4.79 Å². The van der Waals surface area contributed by atoms with Crippen LogP contribution < -0.4 is 11.1 Å². The average molecular weight is 367 g/mol. The highest BCUT2D eigenvalue weighted by Crippen LogP contribution is 2.30. The van der Waals surface area contributed by atoms with Crippen LogP contribution in [-0.2, 0) is 11.3 Å². The summed E-state index contributed by atoms with van der Waals surface area (Å²) in [6.07, 6.45) is 0.652. The van der Waals surface area contributed by atoms with Gasteiger partial charge in [0, 0.05) is 23.7 Å². The number of nitrogens with two attached hydrogens (primary N) is 1. The van der Waals surface area contributed by atoms with E-state index in [0.29, 0.717) is 23.7 Å². The molecule has 2 atom stereocenters. The van der Waals surface area contributed by atoms with Crippen LogP contribution in [0.1, 0.15) is 34.0 Å². The second-order valence-corrected chi connectivity index (χ2v) is 6.05. The molecule has 0 radical (unpaired) electrons. The molecule has 2 unspecified atom stereocenters. The Morgan fingerprint density at radius 3 is 2.46 bits per heavy atom. The van der Waals surface area contributed by atoms with Crippen LogP contribution in [0.4, 0.5) is 0 Å². The standard InChI is InChI=1S/C18H19ClN2O2.ClH/c19-15-7-5-13(6-8-15)17-16(9-10-23-17)21-18(22)14-3-1-12(11-20)2-4-14;/h1-8,16-17H,9-11,20H2,(H,21,22);1H. The highest BCUT2D eigenvalue weighted by Gasteiger charge is 2.31. The van der Waals surface area contributed by atoms with Crippen molar-refractivity contribution in [2.24, 2.45) is 5.73 Å². The van der Waals surface area contributed by atoms with Crippen LogP contribution >= 0.6 is 24.0 Å². The molecule has 1 heterocycles. The SMILES string of the molecule is Cl.NCc1ccc(C(=O)NC2CCOC2c2ccc(Cl)cc2)cc1. The molecule has 3 rings (SSSR count). The van der Waals surface area contributed by atoms with Crippen molar-refractivity contribution in [1.82, 2.24) is 5.32 Å². The Balaban J connectivity index is 0.00000208. The van der Waals surface area contributed by atoms with Crippen LogP contribution in [0.25, 0.3) is 0 Å². The maximum Gasteiger partial charge on any atom is 0.251 e. The number of benzene rings is 2. The van der Waals surface area contributed by atoms with Crippen LogP contribution in [0.2, 0.25) is 5.02 Å². The third kappa shape index (κ3) is 4.28. The van der Waals surface area contributed by atoms with Gasteiger partial charge in [0.2, 0.25) is 0 Å². The molecule has 3 N–H and O–H groups in total. The summed E-state index contributed by atoms with van der Waals surface area (Å²) in [5.41, 5.74) is 8.23. The van der Waals surface area contributed by atoms with E-state index in [1.165, 1.54) is 0 Å². The maximum atomic E-state index is 12.4. The lowest BCUT2D eigenvalue weighted by atomic mass is 10.0. The first-order chi connectivity index (χ1) is 11.2. The molecule has 0 aromatic heterocycles. The summed E-state index contributed by atoms with van der Waals surface area (Å²) in [7, 11) is 0. The van der Waals surface area contributed by atoms with Crippen molar-refractivity contribution in [1.29, 1.82) is 0 Å². The molecular weight excluding hydrogens is 347 g/mol. The quantitative estimate of drug-likeness (QED) is 0.870. The lowest BCUT2D eigenvalue weighted by molar-refractivity contribution is 0.0821. The van der Waals surface area contributed by atoms with E-state index in [-0.39, 0.29) is 30.5 Å². The van der Waals surface area contributed by atoms with E-state index < -0.39 is 0 Å². The van der Waals surface area contributed by atoms with E-state index in [0.717, 1.165) is 17.5 Å². The molecule has 0 spiro atoms. The molecule has 1 fully saturated rings. The molecule has 0 saturated carbocycles. The number of carbonyl (C=O) groups excluding carboxylic acids is 1. The summed E-state index contributed by atoms with van der Waals surface area (Å²) in [6, 6.07) is 14.8. The van der Waals surface area contributed by atoms with Crippen molar-refractivity contribution in [2.45, 2.75) is 25.1 Å². The average Bonchev–Trinajstić information content (AvgIpc) is 3.03. The van der Waals surface area contributed by atoms with Crippen molar-refractivity contribution >= 4 is 29.9 Å². The molecule has 2 aromatic carbocycles. The lowest BCUT2D eigenvalue weighted by Crippen LogP contribution is -2.36. The first kappa shape index (κ1) is 18.7. The fourth-order valence-electron chi connectivity index (χ4n) is 2.76. The van der Waals surface area contributed by atoms with Gasteiger partial charge in [-0.1, -0.05) is 35.9 Å². The number of amides is 1. The number of rotatable bonds is 4. The van der Waals surface area contributed by atoms with Gasteiger partial charge in [0.1, 0.15) is 6.10 Å². The van der Waals surface area contributed by atoms with Gasteiger partial charge in [-0.05, 0) is 41.8 Å². The van der Waals surface area contributed by atoms with Crippen LogP contribution in [0.15, 0.2) is 48.5 Å². The third-order valence-corrected chi connectivity index (χ3v) is 4.31. The first-order valence-electron chi connectivity index (χ1n) is 7.64. The minimum Gasteiger partial charge on any atom is -0.371 e. The number of hydrogen-bond acceptors (Lipinski definition) is 3. The van der Waals surface area contributed by atoms with Crippen LogP contribution in [0.3, 0.4) is 0 Å². The first-order valence-corrected chi connectivity index (χ1v) is 8.02. The highest BCUT2D eigenvalue weighted by molar-refractivity contribution is 6.30. The second-order valence-electron chi connectivity index (χ2n) is 5.61. The lowest BCUT2D eigenvalue weighted by Gasteiger charge is -2.20. The van der Waals surface area contributed by atoms with Gasteiger partial charge in [-0.25, -0.2) is 0 Å². The molecule has 4 nitrogen and oxygen atoms in total. The van der Waals surface area contributed by atoms with Gasteiger partial charge in [0.05, 0.1) is 6.04 Å².